The van der Waals surface area contributed by atoms with Crippen LogP contribution in [0.3, 0.4) is 0 Å². The van der Waals surface area contributed by atoms with Crippen LogP contribution in [-0.4, -0.2) is 47.5 Å². The lowest BCUT2D eigenvalue weighted by Crippen LogP contribution is -2.47. The quantitative estimate of drug-likeness (QED) is 0.704. The number of rotatable bonds is 6. The topological polar surface area (TPSA) is 60.9 Å². The van der Waals surface area contributed by atoms with Gasteiger partial charge in [0.1, 0.15) is 5.37 Å². The van der Waals surface area contributed by atoms with E-state index in [1.807, 2.05) is 0 Å². The summed E-state index contributed by atoms with van der Waals surface area (Å²) in [6.45, 7) is 9.40. The van der Waals surface area contributed by atoms with E-state index in [1.165, 1.54) is 11.2 Å². The van der Waals surface area contributed by atoms with Crippen LogP contribution in [0.15, 0.2) is 0 Å². The fourth-order valence-corrected chi connectivity index (χ4v) is 3.02. The molecule has 0 radical (unpaired) electrons. The van der Waals surface area contributed by atoms with Gasteiger partial charge in [-0.05, 0) is 20.8 Å². The Kier molecular flexibility index (Phi) is 5.72. The monoisotopic (exact) mass is 238 g/mol. The first-order valence-corrected chi connectivity index (χ1v) is 6.75. The van der Waals surface area contributed by atoms with Crippen LogP contribution in [0, 0.1) is 0 Å². The summed E-state index contributed by atoms with van der Waals surface area (Å²) in [5.41, 5.74) is 0. The lowest BCUT2D eigenvalue weighted by Gasteiger charge is -2.30. The van der Waals surface area contributed by atoms with Crippen LogP contribution in [0.4, 0.5) is 0 Å². The van der Waals surface area contributed by atoms with Crippen molar-refractivity contribution in [1.82, 2.24) is 9.37 Å². The zero-order valence-electron chi connectivity index (χ0n) is 10.1. The zero-order chi connectivity index (χ0) is 12.2. The lowest BCUT2D eigenvalue weighted by atomic mass is 10.4. The first-order chi connectivity index (χ1) is 6.78. The first kappa shape index (κ1) is 14.8. The molecule has 0 aliphatic heterocycles. The predicted octanol–water partition coefficient (Wildman–Crippen LogP) is 1.10. The zero-order valence-corrected chi connectivity index (χ0v) is 11.0. The van der Waals surface area contributed by atoms with Gasteiger partial charge in [-0.25, -0.2) is 12.7 Å². The molecule has 0 saturated heterocycles. The molecule has 0 rings (SSSR count). The highest BCUT2D eigenvalue weighted by Gasteiger charge is 2.32. The molecule has 0 saturated carbocycles. The Bertz CT molecular complexity index is 273. The minimum Gasteiger partial charge on any atom is -0.312 e. The number of nitrogens with zero attached hydrogens (tertiary/aromatic N) is 2. The average molecular weight is 238 g/mol. The molecule has 1 atom stereocenters. The molecule has 1 unspecified atom stereocenters. The van der Waals surface area contributed by atoms with Crippen molar-refractivity contribution in [1.29, 1.82) is 0 Å². The Balaban J connectivity index is 4.87. The molecule has 92 valence electrons. The molecule has 0 amide bonds. The van der Waals surface area contributed by atoms with E-state index in [1.54, 1.807) is 27.7 Å². The molecular weight excluding hydrogens is 216 g/mol. The fraction of sp³-hybridized carbons (Fsp3) is 1.00. The number of sulfonamides is 1. The maximum atomic E-state index is 12.0. The highest BCUT2D eigenvalue weighted by molar-refractivity contribution is 7.89. The highest BCUT2D eigenvalue weighted by atomic mass is 32.2. The third-order valence-electron chi connectivity index (χ3n) is 2.40. The van der Waals surface area contributed by atoms with Crippen molar-refractivity contribution < 1.29 is 13.6 Å². The number of hydrogen-bond acceptors (Lipinski definition) is 4. The minimum atomic E-state index is -3.44. The highest BCUT2D eigenvalue weighted by Crippen LogP contribution is 2.13. The van der Waals surface area contributed by atoms with Gasteiger partial charge < -0.3 is 5.21 Å². The second-order valence-electron chi connectivity index (χ2n) is 3.70. The van der Waals surface area contributed by atoms with E-state index in [4.69, 9.17) is 0 Å². The van der Waals surface area contributed by atoms with Crippen molar-refractivity contribution in [2.24, 2.45) is 0 Å². The SMILES string of the molecule is CCN(CC)S(=O)(=O)C(C)N(O)C(C)C. The van der Waals surface area contributed by atoms with Crippen LogP contribution < -0.4 is 0 Å². The maximum absolute atomic E-state index is 12.0. The van der Waals surface area contributed by atoms with Gasteiger partial charge >= 0.3 is 0 Å². The summed E-state index contributed by atoms with van der Waals surface area (Å²) in [7, 11) is -3.44. The van der Waals surface area contributed by atoms with Gasteiger partial charge in [0.2, 0.25) is 10.0 Å². The van der Waals surface area contributed by atoms with Crippen LogP contribution in [0.2, 0.25) is 0 Å². The lowest BCUT2D eigenvalue weighted by molar-refractivity contribution is -0.125. The molecule has 0 bridgehead atoms. The number of hydroxylamine groups is 2. The second-order valence-corrected chi connectivity index (χ2v) is 5.93. The Morgan fingerprint density at radius 3 is 1.80 bits per heavy atom. The Labute approximate surface area is 92.7 Å². The van der Waals surface area contributed by atoms with Gasteiger partial charge in [0.25, 0.3) is 0 Å². The second kappa shape index (κ2) is 5.79. The predicted molar refractivity (Wildman–Crippen MR) is 60.1 cm³/mol. The molecule has 15 heavy (non-hydrogen) atoms. The van der Waals surface area contributed by atoms with Crippen molar-refractivity contribution in [2.45, 2.75) is 46.0 Å². The third kappa shape index (κ3) is 3.41. The standard InChI is InChI=1S/C9H22N2O3S/c1-6-10(7-2)15(13,14)9(5)11(12)8(3)4/h8-9,12H,6-7H2,1-5H3. The Morgan fingerprint density at radius 2 is 1.53 bits per heavy atom. The molecule has 0 fully saturated rings. The Hall–Kier alpha value is -0.170. The van der Waals surface area contributed by atoms with Crippen LogP contribution in [0.1, 0.15) is 34.6 Å². The van der Waals surface area contributed by atoms with E-state index in [9.17, 15) is 13.6 Å². The fourth-order valence-electron chi connectivity index (χ4n) is 1.36. The summed E-state index contributed by atoms with van der Waals surface area (Å²) in [4.78, 5) is 0. The molecule has 5 nitrogen and oxygen atoms in total. The van der Waals surface area contributed by atoms with Gasteiger partial charge in [-0.1, -0.05) is 13.8 Å². The van der Waals surface area contributed by atoms with Gasteiger partial charge in [0.15, 0.2) is 0 Å². The van der Waals surface area contributed by atoms with E-state index in [0.717, 1.165) is 5.06 Å². The summed E-state index contributed by atoms with van der Waals surface area (Å²) in [5, 5.41) is 9.56. The maximum Gasteiger partial charge on any atom is 0.232 e. The summed E-state index contributed by atoms with van der Waals surface area (Å²) in [6, 6.07) is -0.217. The molecular formula is C9H22N2O3S. The van der Waals surface area contributed by atoms with Crippen molar-refractivity contribution in [3.63, 3.8) is 0 Å². The van der Waals surface area contributed by atoms with Gasteiger partial charge in [0.05, 0.1) is 0 Å². The van der Waals surface area contributed by atoms with E-state index >= 15 is 0 Å². The van der Waals surface area contributed by atoms with Crippen LogP contribution in [-0.2, 0) is 10.0 Å². The van der Waals surface area contributed by atoms with E-state index < -0.39 is 15.4 Å². The Morgan fingerprint density at radius 1 is 1.13 bits per heavy atom. The van der Waals surface area contributed by atoms with Gasteiger partial charge in [-0.2, -0.15) is 5.06 Å². The van der Waals surface area contributed by atoms with Crippen LogP contribution >= 0.6 is 0 Å². The third-order valence-corrected chi connectivity index (χ3v) is 4.71. The summed E-state index contributed by atoms with van der Waals surface area (Å²) < 4.78 is 25.3. The summed E-state index contributed by atoms with van der Waals surface area (Å²) in [5.74, 6) is 0. The molecule has 6 heteroatoms. The average Bonchev–Trinajstić information content (AvgIpc) is 2.16. The first-order valence-electron chi connectivity index (χ1n) is 5.25. The van der Waals surface area contributed by atoms with E-state index in [2.05, 4.69) is 0 Å². The molecule has 0 spiro atoms. The van der Waals surface area contributed by atoms with Crippen LogP contribution in [0.25, 0.3) is 0 Å². The molecule has 0 aromatic heterocycles. The molecule has 0 aromatic rings. The molecule has 1 N–H and O–H groups in total. The van der Waals surface area contributed by atoms with Gasteiger partial charge in [0, 0.05) is 19.1 Å². The molecule has 0 aliphatic rings. The van der Waals surface area contributed by atoms with Gasteiger partial charge in [-0.15, -0.1) is 0 Å². The van der Waals surface area contributed by atoms with E-state index in [0.29, 0.717) is 13.1 Å². The molecule has 0 heterocycles. The number of hydrogen-bond donors (Lipinski definition) is 1. The smallest absolute Gasteiger partial charge is 0.232 e. The minimum absolute atomic E-state index is 0.217. The van der Waals surface area contributed by atoms with Gasteiger partial charge in [-0.3, -0.25) is 0 Å². The summed E-state index contributed by atoms with van der Waals surface area (Å²) in [6.07, 6.45) is 0. The normalized spacial score (nSPS) is 15.3. The summed E-state index contributed by atoms with van der Waals surface area (Å²) >= 11 is 0. The van der Waals surface area contributed by atoms with Crippen molar-refractivity contribution >= 4 is 10.0 Å². The van der Waals surface area contributed by atoms with Crippen LogP contribution in [0.5, 0.6) is 0 Å². The molecule has 0 aliphatic carbocycles. The van der Waals surface area contributed by atoms with Crippen molar-refractivity contribution in [3.8, 4) is 0 Å². The van der Waals surface area contributed by atoms with Crippen molar-refractivity contribution in [2.75, 3.05) is 13.1 Å². The molecule has 0 aromatic carbocycles. The van der Waals surface area contributed by atoms with E-state index in [-0.39, 0.29) is 6.04 Å². The largest absolute Gasteiger partial charge is 0.312 e. The van der Waals surface area contributed by atoms with Crippen molar-refractivity contribution in [3.05, 3.63) is 0 Å².